The van der Waals surface area contributed by atoms with E-state index in [-0.39, 0.29) is 11.8 Å². The number of aromatic nitrogens is 4. The van der Waals surface area contributed by atoms with Crippen LogP contribution in [0.2, 0.25) is 0 Å². The molecule has 2 aromatic rings. The number of hydrogen-bond acceptors (Lipinski definition) is 7. The van der Waals surface area contributed by atoms with E-state index in [0.29, 0.717) is 27.2 Å². The SMILES string of the molecule is CNC(=O)[C@]12CC1[C@@H](n1cnc3c(NC)nc(I)nc31)[C@H](O)C2O. The molecule has 4 N–H and O–H groups in total. The zero-order chi connectivity index (χ0) is 17.2. The number of aliphatic hydroxyl groups is 2. The van der Waals surface area contributed by atoms with Crippen molar-refractivity contribution in [3.63, 3.8) is 0 Å². The van der Waals surface area contributed by atoms with Gasteiger partial charge in [-0.05, 0) is 6.42 Å². The lowest BCUT2D eigenvalue weighted by Crippen LogP contribution is -2.41. The zero-order valence-corrected chi connectivity index (χ0v) is 15.2. The van der Waals surface area contributed by atoms with Crippen LogP contribution in [0.15, 0.2) is 6.33 Å². The third-order valence-corrected chi connectivity index (χ3v) is 5.76. The van der Waals surface area contributed by atoms with Crippen molar-refractivity contribution >= 4 is 45.5 Å². The molecule has 9 nitrogen and oxygen atoms in total. The van der Waals surface area contributed by atoms with E-state index in [0.717, 1.165) is 0 Å². The molecule has 24 heavy (non-hydrogen) atoms. The highest BCUT2D eigenvalue weighted by atomic mass is 127. The largest absolute Gasteiger partial charge is 0.389 e. The van der Waals surface area contributed by atoms with Gasteiger partial charge in [-0.3, -0.25) is 4.79 Å². The average molecular weight is 444 g/mol. The van der Waals surface area contributed by atoms with Gasteiger partial charge in [-0.2, -0.15) is 0 Å². The normalized spacial score (nSPS) is 34.2. The van der Waals surface area contributed by atoms with Crippen molar-refractivity contribution in [1.82, 2.24) is 24.8 Å². The van der Waals surface area contributed by atoms with Gasteiger partial charge >= 0.3 is 0 Å². The van der Waals surface area contributed by atoms with Crippen LogP contribution >= 0.6 is 22.6 Å². The lowest BCUT2D eigenvalue weighted by Gasteiger charge is -2.23. The third kappa shape index (κ3) is 1.87. The second-order valence-electron chi connectivity index (χ2n) is 6.27. The summed E-state index contributed by atoms with van der Waals surface area (Å²) < 4.78 is 2.31. The Morgan fingerprint density at radius 1 is 1.42 bits per heavy atom. The first kappa shape index (κ1) is 16.0. The third-order valence-electron chi connectivity index (χ3n) is 5.27. The van der Waals surface area contributed by atoms with Crippen LogP contribution < -0.4 is 10.6 Å². The molecule has 4 rings (SSSR count). The van der Waals surface area contributed by atoms with E-state index in [1.807, 2.05) is 22.6 Å². The number of carbonyl (C=O) groups is 1. The molecule has 10 heteroatoms. The van der Waals surface area contributed by atoms with E-state index in [2.05, 4.69) is 25.6 Å². The smallest absolute Gasteiger partial charge is 0.229 e. The number of halogens is 1. The molecule has 2 unspecified atom stereocenters. The van der Waals surface area contributed by atoms with Crippen molar-refractivity contribution in [2.75, 3.05) is 19.4 Å². The van der Waals surface area contributed by atoms with Crippen LogP contribution in [0.4, 0.5) is 5.82 Å². The fraction of sp³-hybridized carbons (Fsp3) is 0.571. The molecule has 0 bridgehead atoms. The molecular formula is C14H17IN6O3. The maximum Gasteiger partial charge on any atom is 0.229 e. The molecule has 2 heterocycles. The first-order chi connectivity index (χ1) is 11.5. The summed E-state index contributed by atoms with van der Waals surface area (Å²) in [6, 6.07) is -0.447. The van der Waals surface area contributed by atoms with E-state index in [9.17, 15) is 15.0 Å². The minimum absolute atomic E-state index is 0.148. The summed E-state index contributed by atoms with van der Waals surface area (Å²) in [6.45, 7) is 0. The number of fused-ring (bicyclic) bond motifs is 2. The molecular weight excluding hydrogens is 427 g/mol. The zero-order valence-electron chi connectivity index (χ0n) is 13.1. The summed E-state index contributed by atoms with van der Waals surface area (Å²) in [5, 5.41) is 26.6. The summed E-state index contributed by atoms with van der Waals surface area (Å²) in [6.07, 6.45) is -0.0236. The molecule has 2 aromatic heterocycles. The molecule has 128 valence electrons. The fourth-order valence-corrected chi connectivity index (χ4v) is 4.54. The molecule has 2 fully saturated rings. The van der Waals surface area contributed by atoms with Gasteiger partial charge in [0.1, 0.15) is 6.10 Å². The first-order valence-electron chi connectivity index (χ1n) is 7.61. The standard InChI is InChI=1S/C14H17IN6O3/c1-16-10-6-11(20-13(15)19-10)21(4-18-6)7-5-3-14(5,12(24)17-2)9(23)8(7)22/h4-5,7-9,22-23H,3H2,1-2H3,(H,17,24)(H,16,19,20)/t5?,7-,8+,9?,14-/m1/s1. The molecule has 2 aliphatic rings. The van der Waals surface area contributed by atoms with E-state index in [4.69, 9.17) is 0 Å². The van der Waals surface area contributed by atoms with Crippen molar-refractivity contribution in [2.24, 2.45) is 11.3 Å². The van der Waals surface area contributed by atoms with E-state index < -0.39 is 23.7 Å². The van der Waals surface area contributed by atoms with E-state index >= 15 is 0 Å². The highest BCUT2D eigenvalue weighted by molar-refractivity contribution is 14.1. The molecule has 5 atom stereocenters. The topological polar surface area (TPSA) is 125 Å². The highest BCUT2D eigenvalue weighted by Gasteiger charge is 2.75. The van der Waals surface area contributed by atoms with Crippen LogP contribution in [0.1, 0.15) is 12.5 Å². The van der Waals surface area contributed by atoms with Gasteiger partial charge in [-0.25, -0.2) is 15.0 Å². The number of nitrogens with zero attached hydrogens (tertiary/aromatic N) is 4. The van der Waals surface area contributed by atoms with Gasteiger partial charge in [0.2, 0.25) is 5.91 Å². The van der Waals surface area contributed by atoms with Gasteiger partial charge in [0.05, 0.1) is 23.9 Å². The summed E-state index contributed by atoms with van der Waals surface area (Å²) in [5.41, 5.74) is 0.258. The molecule has 0 spiro atoms. The number of imidazole rings is 1. The number of rotatable bonds is 3. The molecule has 0 saturated heterocycles. The van der Waals surface area contributed by atoms with Crippen LogP contribution in [0, 0.1) is 15.2 Å². The summed E-state index contributed by atoms with van der Waals surface area (Å²) in [5.74, 6) is 0.223. The summed E-state index contributed by atoms with van der Waals surface area (Å²) in [4.78, 5) is 25.3. The number of carbonyl (C=O) groups excluding carboxylic acids is 1. The van der Waals surface area contributed by atoms with Crippen LogP contribution in [0.25, 0.3) is 11.2 Å². The Labute approximate surface area is 151 Å². The maximum atomic E-state index is 12.2. The maximum absolute atomic E-state index is 12.2. The lowest BCUT2D eigenvalue weighted by atomic mass is 9.98. The molecule has 2 aliphatic carbocycles. The Kier molecular flexibility index (Phi) is 3.48. The van der Waals surface area contributed by atoms with Crippen molar-refractivity contribution in [3.05, 3.63) is 10.2 Å². The summed E-state index contributed by atoms with van der Waals surface area (Å²) in [7, 11) is 3.29. The number of nitrogens with one attached hydrogen (secondary N) is 2. The van der Waals surface area contributed by atoms with Crippen molar-refractivity contribution in [1.29, 1.82) is 0 Å². The van der Waals surface area contributed by atoms with Gasteiger partial charge in [0, 0.05) is 42.6 Å². The van der Waals surface area contributed by atoms with E-state index in [1.165, 1.54) is 0 Å². The second-order valence-corrected chi connectivity index (χ2v) is 7.24. The van der Waals surface area contributed by atoms with Gasteiger partial charge in [0.25, 0.3) is 0 Å². The number of anilines is 1. The average Bonchev–Trinajstić information content (AvgIpc) is 3.12. The number of hydrogen-bond donors (Lipinski definition) is 4. The minimum Gasteiger partial charge on any atom is -0.389 e. The Balaban J connectivity index is 1.82. The van der Waals surface area contributed by atoms with E-state index in [1.54, 1.807) is 25.0 Å². The second kappa shape index (κ2) is 5.23. The van der Waals surface area contributed by atoms with Gasteiger partial charge in [0.15, 0.2) is 20.8 Å². The van der Waals surface area contributed by atoms with Crippen LogP contribution in [-0.2, 0) is 4.79 Å². The molecule has 2 saturated carbocycles. The van der Waals surface area contributed by atoms with Gasteiger partial charge in [-0.1, -0.05) is 0 Å². The quantitative estimate of drug-likeness (QED) is 0.372. The van der Waals surface area contributed by atoms with Gasteiger partial charge < -0.3 is 25.4 Å². The Morgan fingerprint density at radius 3 is 2.83 bits per heavy atom. The summed E-state index contributed by atoms with van der Waals surface area (Å²) >= 11 is 2.02. The molecule has 0 radical (unpaired) electrons. The molecule has 0 aromatic carbocycles. The molecule has 1 amide bonds. The van der Waals surface area contributed by atoms with Crippen molar-refractivity contribution in [2.45, 2.75) is 24.7 Å². The fourth-order valence-electron chi connectivity index (χ4n) is 4.07. The van der Waals surface area contributed by atoms with Crippen molar-refractivity contribution < 1.29 is 15.0 Å². The number of aliphatic hydroxyl groups excluding tert-OH is 2. The van der Waals surface area contributed by atoms with Crippen LogP contribution in [0.5, 0.6) is 0 Å². The minimum atomic E-state index is -1.10. The Bertz CT molecular complexity index is 841. The van der Waals surface area contributed by atoms with Gasteiger partial charge in [-0.15, -0.1) is 0 Å². The first-order valence-corrected chi connectivity index (χ1v) is 8.69. The highest BCUT2D eigenvalue weighted by Crippen LogP contribution is 2.67. The van der Waals surface area contributed by atoms with Crippen molar-refractivity contribution in [3.8, 4) is 0 Å². The Hall–Kier alpha value is -1.53. The molecule has 0 aliphatic heterocycles. The van der Waals surface area contributed by atoms with Crippen LogP contribution in [-0.4, -0.2) is 61.9 Å². The lowest BCUT2D eigenvalue weighted by molar-refractivity contribution is -0.132. The predicted octanol–water partition coefficient (Wildman–Crippen LogP) is -0.499. The number of amides is 1. The predicted molar refractivity (Wildman–Crippen MR) is 93.2 cm³/mol. The Morgan fingerprint density at radius 2 is 2.17 bits per heavy atom. The van der Waals surface area contributed by atoms with Crippen LogP contribution in [0.3, 0.4) is 0 Å². The monoisotopic (exact) mass is 444 g/mol.